The Kier molecular flexibility index (Phi) is 3.70. The Morgan fingerprint density at radius 3 is 2.73 bits per heavy atom. The zero-order valence-corrected chi connectivity index (χ0v) is 13.3. The summed E-state index contributed by atoms with van der Waals surface area (Å²) in [5.74, 6) is 0.263. The van der Waals surface area contributed by atoms with Gasteiger partial charge < -0.3 is 10.6 Å². The maximum absolute atomic E-state index is 12.7. The van der Waals surface area contributed by atoms with Crippen LogP contribution in [0.3, 0.4) is 0 Å². The number of rotatable bonds is 4. The molecule has 2 heterocycles. The van der Waals surface area contributed by atoms with Crippen molar-refractivity contribution in [1.82, 2.24) is 14.7 Å². The van der Waals surface area contributed by atoms with Gasteiger partial charge in [-0.3, -0.25) is 14.3 Å². The number of hydrogen-bond donors (Lipinski definition) is 1. The van der Waals surface area contributed by atoms with Crippen LogP contribution >= 0.6 is 0 Å². The van der Waals surface area contributed by atoms with Gasteiger partial charge in [-0.25, -0.2) is 0 Å². The van der Waals surface area contributed by atoms with Crippen LogP contribution < -0.4 is 5.73 Å². The molecule has 1 unspecified atom stereocenters. The maximum atomic E-state index is 12.7. The van der Waals surface area contributed by atoms with Crippen LogP contribution in [0.2, 0.25) is 0 Å². The quantitative estimate of drug-likeness (QED) is 0.908. The molecule has 0 aromatic carbocycles. The summed E-state index contributed by atoms with van der Waals surface area (Å²) in [6, 6.07) is 1.80. The van der Waals surface area contributed by atoms with Crippen molar-refractivity contribution in [3.05, 3.63) is 17.5 Å². The van der Waals surface area contributed by atoms with Crippen molar-refractivity contribution in [3.8, 4) is 0 Å². The molecule has 120 valence electrons. The van der Waals surface area contributed by atoms with E-state index in [2.05, 4.69) is 5.10 Å². The first-order chi connectivity index (χ1) is 10.4. The number of piperidine rings is 1. The molecule has 1 aliphatic heterocycles. The molecule has 6 heteroatoms. The fourth-order valence-corrected chi connectivity index (χ4v) is 3.48. The van der Waals surface area contributed by atoms with Gasteiger partial charge in [-0.05, 0) is 38.2 Å². The highest BCUT2D eigenvalue weighted by Gasteiger charge is 2.45. The molecule has 0 spiro atoms. The SMILES string of the molecule is Cc1cc(C(=O)N2CCCC(CC3CC3)(C(N)=O)C2)nn1C. The second kappa shape index (κ2) is 5.41. The molecule has 1 atom stereocenters. The van der Waals surface area contributed by atoms with Gasteiger partial charge in [0, 0.05) is 25.8 Å². The molecular formula is C16H24N4O2. The molecule has 0 radical (unpaired) electrons. The zero-order valence-electron chi connectivity index (χ0n) is 13.3. The maximum Gasteiger partial charge on any atom is 0.274 e. The van der Waals surface area contributed by atoms with Gasteiger partial charge in [0.1, 0.15) is 0 Å². The minimum atomic E-state index is -0.543. The molecule has 2 N–H and O–H groups in total. The molecule has 6 nitrogen and oxygen atoms in total. The van der Waals surface area contributed by atoms with Gasteiger partial charge >= 0.3 is 0 Å². The first kappa shape index (κ1) is 15.1. The van der Waals surface area contributed by atoms with Crippen LogP contribution in [0.25, 0.3) is 0 Å². The number of amides is 2. The monoisotopic (exact) mass is 304 g/mol. The van der Waals surface area contributed by atoms with Gasteiger partial charge in [0.05, 0.1) is 5.41 Å². The van der Waals surface area contributed by atoms with Gasteiger partial charge in [-0.2, -0.15) is 5.10 Å². The van der Waals surface area contributed by atoms with Crippen molar-refractivity contribution < 1.29 is 9.59 Å². The topological polar surface area (TPSA) is 81.2 Å². The van der Waals surface area contributed by atoms with E-state index in [9.17, 15) is 9.59 Å². The number of aryl methyl sites for hydroxylation is 2. The van der Waals surface area contributed by atoms with Gasteiger partial charge in [0.2, 0.25) is 5.91 Å². The molecule has 1 aromatic heterocycles. The number of carbonyl (C=O) groups is 2. The summed E-state index contributed by atoms with van der Waals surface area (Å²) >= 11 is 0. The van der Waals surface area contributed by atoms with Crippen molar-refractivity contribution in [3.63, 3.8) is 0 Å². The fourth-order valence-electron chi connectivity index (χ4n) is 3.48. The number of likely N-dealkylation sites (tertiary alicyclic amines) is 1. The van der Waals surface area contributed by atoms with Crippen LogP contribution in [-0.2, 0) is 11.8 Å². The average Bonchev–Trinajstić information content (AvgIpc) is 3.23. The van der Waals surface area contributed by atoms with Crippen LogP contribution in [0.1, 0.15) is 48.3 Å². The lowest BCUT2D eigenvalue weighted by atomic mass is 9.75. The summed E-state index contributed by atoms with van der Waals surface area (Å²) in [6.07, 6.45) is 4.81. The number of hydrogen-bond acceptors (Lipinski definition) is 3. The van der Waals surface area contributed by atoms with Crippen LogP contribution in [0, 0.1) is 18.3 Å². The minimum Gasteiger partial charge on any atom is -0.369 e. The van der Waals surface area contributed by atoms with Crippen LogP contribution in [-0.4, -0.2) is 39.6 Å². The largest absolute Gasteiger partial charge is 0.369 e. The van der Waals surface area contributed by atoms with E-state index in [1.54, 1.807) is 15.6 Å². The predicted molar refractivity (Wildman–Crippen MR) is 82.1 cm³/mol. The molecule has 1 saturated heterocycles. The third-order valence-electron chi connectivity index (χ3n) is 5.10. The van der Waals surface area contributed by atoms with E-state index in [-0.39, 0.29) is 11.8 Å². The molecular weight excluding hydrogens is 280 g/mol. The third kappa shape index (κ3) is 2.74. The van der Waals surface area contributed by atoms with E-state index in [1.165, 1.54) is 12.8 Å². The van der Waals surface area contributed by atoms with Crippen LogP contribution in [0.15, 0.2) is 6.07 Å². The van der Waals surface area contributed by atoms with Crippen molar-refractivity contribution in [2.24, 2.45) is 24.1 Å². The summed E-state index contributed by atoms with van der Waals surface area (Å²) < 4.78 is 1.70. The van der Waals surface area contributed by atoms with Gasteiger partial charge in [-0.15, -0.1) is 0 Å². The number of carbonyl (C=O) groups excluding carboxylic acids is 2. The lowest BCUT2D eigenvalue weighted by Gasteiger charge is -2.40. The number of nitrogens with zero attached hydrogens (tertiary/aromatic N) is 3. The number of nitrogens with two attached hydrogens (primary N) is 1. The van der Waals surface area contributed by atoms with Crippen molar-refractivity contribution in [2.45, 2.75) is 39.0 Å². The highest BCUT2D eigenvalue weighted by atomic mass is 16.2. The number of primary amides is 1. The predicted octanol–water partition coefficient (Wildman–Crippen LogP) is 1.24. The minimum absolute atomic E-state index is 0.0928. The summed E-state index contributed by atoms with van der Waals surface area (Å²) in [5.41, 5.74) is 6.56. The van der Waals surface area contributed by atoms with E-state index in [0.717, 1.165) is 25.0 Å². The summed E-state index contributed by atoms with van der Waals surface area (Å²) in [7, 11) is 1.82. The summed E-state index contributed by atoms with van der Waals surface area (Å²) in [6.45, 7) is 3.03. The van der Waals surface area contributed by atoms with Crippen molar-refractivity contribution >= 4 is 11.8 Å². The standard InChI is InChI=1S/C16H24N4O2/c1-11-8-13(18-19(11)2)14(21)20-7-3-6-16(10-20,15(17)22)9-12-4-5-12/h8,12H,3-7,9-10H2,1-2H3,(H2,17,22). The Balaban J connectivity index is 1.78. The highest BCUT2D eigenvalue weighted by molar-refractivity contribution is 5.93. The molecule has 2 amide bonds. The second-order valence-corrected chi connectivity index (χ2v) is 6.92. The van der Waals surface area contributed by atoms with Gasteiger partial charge in [0.25, 0.3) is 5.91 Å². The molecule has 22 heavy (non-hydrogen) atoms. The van der Waals surface area contributed by atoms with E-state index in [1.807, 2.05) is 14.0 Å². The van der Waals surface area contributed by atoms with Crippen molar-refractivity contribution in [2.75, 3.05) is 13.1 Å². The fraction of sp³-hybridized carbons (Fsp3) is 0.688. The molecule has 1 saturated carbocycles. The van der Waals surface area contributed by atoms with Crippen LogP contribution in [0.4, 0.5) is 0 Å². The third-order valence-corrected chi connectivity index (χ3v) is 5.10. The van der Waals surface area contributed by atoms with E-state index in [4.69, 9.17) is 5.73 Å². The summed E-state index contributed by atoms with van der Waals surface area (Å²) in [4.78, 5) is 26.5. The lowest BCUT2D eigenvalue weighted by Crippen LogP contribution is -2.52. The highest BCUT2D eigenvalue weighted by Crippen LogP contribution is 2.44. The van der Waals surface area contributed by atoms with E-state index >= 15 is 0 Å². The summed E-state index contributed by atoms with van der Waals surface area (Å²) in [5, 5.41) is 4.26. The Hall–Kier alpha value is -1.85. The molecule has 2 fully saturated rings. The van der Waals surface area contributed by atoms with Gasteiger partial charge in [0.15, 0.2) is 5.69 Å². The Morgan fingerprint density at radius 1 is 1.45 bits per heavy atom. The first-order valence-corrected chi connectivity index (χ1v) is 8.01. The molecule has 1 aromatic rings. The Labute approximate surface area is 130 Å². The molecule has 1 aliphatic carbocycles. The van der Waals surface area contributed by atoms with E-state index < -0.39 is 5.41 Å². The zero-order chi connectivity index (χ0) is 15.9. The van der Waals surface area contributed by atoms with Crippen LogP contribution in [0.5, 0.6) is 0 Å². The molecule has 3 rings (SSSR count). The average molecular weight is 304 g/mol. The Morgan fingerprint density at radius 2 is 2.18 bits per heavy atom. The smallest absolute Gasteiger partial charge is 0.274 e. The molecule has 2 aliphatic rings. The molecule has 0 bridgehead atoms. The lowest BCUT2D eigenvalue weighted by molar-refractivity contribution is -0.131. The van der Waals surface area contributed by atoms with Gasteiger partial charge in [-0.1, -0.05) is 12.8 Å². The first-order valence-electron chi connectivity index (χ1n) is 8.01. The van der Waals surface area contributed by atoms with E-state index in [0.29, 0.717) is 24.7 Å². The normalized spacial score (nSPS) is 25.3. The number of aromatic nitrogens is 2. The second-order valence-electron chi connectivity index (χ2n) is 6.92. The Bertz CT molecular complexity index is 586. The van der Waals surface area contributed by atoms with Crippen molar-refractivity contribution in [1.29, 1.82) is 0 Å².